The number of rotatable bonds is 5. The van der Waals surface area contributed by atoms with E-state index in [1.807, 2.05) is 6.07 Å². The average molecular weight is 346 g/mol. The summed E-state index contributed by atoms with van der Waals surface area (Å²) >= 11 is 0. The number of amides is 2. The quantitative estimate of drug-likeness (QED) is 0.657. The molecular weight excluding hydrogens is 328 g/mol. The molecule has 0 aliphatic carbocycles. The largest absolute Gasteiger partial charge is 0.479 e. The smallest absolute Gasteiger partial charge is 0.338 e. The van der Waals surface area contributed by atoms with Crippen LogP contribution in [0.25, 0.3) is 0 Å². The number of hydrogen-bond donors (Lipinski definition) is 3. The van der Waals surface area contributed by atoms with Crippen molar-refractivity contribution in [2.45, 2.75) is 5.54 Å². The topological polar surface area (TPSA) is 78.4 Å². The van der Waals surface area contributed by atoms with Crippen LogP contribution in [0.2, 0.25) is 0 Å². The van der Waals surface area contributed by atoms with Crippen molar-refractivity contribution in [2.24, 2.45) is 0 Å². The van der Waals surface area contributed by atoms with Crippen molar-refractivity contribution < 1.29 is 14.7 Å². The van der Waals surface area contributed by atoms with Crippen LogP contribution in [0.3, 0.4) is 0 Å². The number of carboxylic acids is 1. The minimum Gasteiger partial charge on any atom is -0.479 e. The number of anilines is 1. The van der Waals surface area contributed by atoms with Crippen molar-refractivity contribution in [1.29, 1.82) is 0 Å². The molecule has 0 aliphatic rings. The Morgan fingerprint density at radius 1 is 0.692 bits per heavy atom. The maximum atomic E-state index is 12.6. The number of carbonyl (C=O) groups excluding carboxylic acids is 1. The third-order valence-corrected chi connectivity index (χ3v) is 4.07. The number of benzene rings is 3. The molecule has 3 rings (SSSR count). The summed E-state index contributed by atoms with van der Waals surface area (Å²) in [6, 6.07) is 25.6. The first-order valence-corrected chi connectivity index (χ1v) is 8.11. The van der Waals surface area contributed by atoms with Gasteiger partial charge in [0.25, 0.3) is 0 Å². The van der Waals surface area contributed by atoms with Crippen LogP contribution in [0.5, 0.6) is 0 Å². The molecule has 0 spiro atoms. The molecule has 5 heteroatoms. The minimum atomic E-state index is -1.71. The van der Waals surface area contributed by atoms with E-state index in [0.717, 1.165) is 0 Å². The maximum Gasteiger partial charge on any atom is 0.338 e. The zero-order valence-corrected chi connectivity index (χ0v) is 13.9. The molecule has 0 aliphatic heterocycles. The Labute approximate surface area is 151 Å². The minimum absolute atomic E-state index is 0.460. The predicted octanol–water partition coefficient (Wildman–Crippen LogP) is 3.84. The van der Waals surface area contributed by atoms with E-state index in [2.05, 4.69) is 10.6 Å². The van der Waals surface area contributed by atoms with Gasteiger partial charge < -0.3 is 15.7 Å². The molecule has 0 saturated carbocycles. The lowest BCUT2D eigenvalue weighted by Gasteiger charge is -2.31. The third-order valence-electron chi connectivity index (χ3n) is 4.07. The Morgan fingerprint density at radius 2 is 1.12 bits per heavy atom. The van der Waals surface area contributed by atoms with Crippen molar-refractivity contribution >= 4 is 17.7 Å². The van der Waals surface area contributed by atoms with Gasteiger partial charge in [-0.1, -0.05) is 78.9 Å². The van der Waals surface area contributed by atoms with Crippen molar-refractivity contribution in [3.63, 3.8) is 0 Å². The van der Waals surface area contributed by atoms with E-state index in [0.29, 0.717) is 16.8 Å². The summed E-state index contributed by atoms with van der Waals surface area (Å²) in [5.41, 5.74) is -0.212. The van der Waals surface area contributed by atoms with Crippen molar-refractivity contribution in [3.05, 3.63) is 102 Å². The highest BCUT2D eigenvalue weighted by molar-refractivity contribution is 5.96. The summed E-state index contributed by atoms with van der Waals surface area (Å²) in [5.74, 6) is -1.17. The van der Waals surface area contributed by atoms with E-state index >= 15 is 0 Å². The van der Waals surface area contributed by atoms with E-state index in [9.17, 15) is 14.7 Å². The summed E-state index contributed by atoms with van der Waals surface area (Å²) in [6.45, 7) is 0. The van der Waals surface area contributed by atoms with Crippen LogP contribution in [0.15, 0.2) is 91.0 Å². The van der Waals surface area contributed by atoms with Gasteiger partial charge in [0.2, 0.25) is 0 Å². The molecule has 0 aromatic heterocycles. The molecule has 0 unspecified atom stereocenters. The molecule has 0 heterocycles. The number of aliphatic carboxylic acids is 1. The van der Waals surface area contributed by atoms with Gasteiger partial charge in [-0.2, -0.15) is 0 Å². The maximum absolute atomic E-state index is 12.6. The number of hydrogen-bond acceptors (Lipinski definition) is 2. The lowest BCUT2D eigenvalue weighted by molar-refractivity contribution is -0.143. The Kier molecular flexibility index (Phi) is 4.99. The summed E-state index contributed by atoms with van der Waals surface area (Å²) < 4.78 is 0. The number of carboxylic acid groups (broad SMARTS) is 1. The van der Waals surface area contributed by atoms with E-state index in [1.54, 1.807) is 84.9 Å². The zero-order chi connectivity index (χ0) is 18.4. The third kappa shape index (κ3) is 3.42. The van der Waals surface area contributed by atoms with Gasteiger partial charge in [0, 0.05) is 5.69 Å². The molecule has 130 valence electrons. The Bertz CT molecular complexity index is 841. The highest BCUT2D eigenvalue weighted by Gasteiger charge is 2.43. The molecule has 3 aromatic carbocycles. The van der Waals surface area contributed by atoms with Crippen LogP contribution < -0.4 is 10.6 Å². The van der Waals surface area contributed by atoms with E-state index < -0.39 is 17.5 Å². The Balaban J connectivity index is 2.03. The van der Waals surface area contributed by atoms with Gasteiger partial charge in [0.1, 0.15) is 0 Å². The van der Waals surface area contributed by atoms with Gasteiger partial charge in [-0.15, -0.1) is 0 Å². The molecular formula is C21H18N2O3. The molecule has 0 radical (unpaired) electrons. The number of carbonyl (C=O) groups is 2. The van der Waals surface area contributed by atoms with Gasteiger partial charge in [-0.25, -0.2) is 9.59 Å². The van der Waals surface area contributed by atoms with E-state index in [-0.39, 0.29) is 0 Å². The first-order chi connectivity index (χ1) is 12.6. The highest BCUT2D eigenvalue weighted by atomic mass is 16.4. The molecule has 0 fully saturated rings. The molecule has 3 aromatic rings. The van der Waals surface area contributed by atoms with Gasteiger partial charge in [-0.3, -0.25) is 0 Å². The predicted molar refractivity (Wildman–Crippen MR) is 99.9 cm³/mol. The fourth-order valence-electron chi connectivity index (χ4n) is 2.84. The lowest BCUT2D eigenvalue weighted by atomic mass is 9.83. The SMILES string of the molecule is O=C(Nc1ccccc1)NC(C(=O)O)(c1ccccc1)c1ccccc1. The fraction of sp³-hybridized carbons (Fsp3) is 0.0476. The lowest BCUT2D eigenvalue weighted by Crippen LogP contribution is -2.54. The van der Waals surface area contributed by atoms with Crippen molar-refractivity contribution in [2.75, 3.05) is 5.32 Å². The molecule has 0 saturated heterocycles. The summed E-state index contributed by atoms with van der Waals surface area (Å²) in [4.78, 5) is 25.0. The molecule has 2 amide bonds. The van der Waals surface area contributed by atoms with Crippen LogP contribution in [-0.4, -0.2) is 17.1 Å². The molecule has 0 atom stereocenters. The molecule has 3 N–H and O–H groups in total. The Hall–Kier alpha value is -3.60. The van der Waals surface area contributed by atoms with Gasteiger partial charge in [-0.05, 0) is 23.3 Å². The van der Waals surface area contributed by atoms with E-state index in [1.165, 1.54) is 0 Å². The van der Waals surface area contributed by atoms with Crippen LogP contribution in [0.4, 0.5) is 10.5 Å². The summed E-state index contributed by atoms with van der Waals surface area (Å²) in [6.07, 6.45) is 0. The molecule has 26 heavy (non-hydrogen) atoms. The van der Waals surface area contributed by atoms with Crippen LogP contribution in [0.1, 0.15) is 11.1 Å². The summed E-state index contributed by atoms with van der Waals surface area (Å²) in [5, 5.41) is 15.4. The van der Waals surface area contributed by atoms with Gasteiger partial charge in [0.15, 0.2) is 5.54 Å². The normalized spacial score (nSPS) is 10.8. The monoisotopic (exact) mass is 346 g/mol. The summed E-state index contributed by atoms with van der Waals surface area (Å²) in [7, 11) is 0. The number of para-hydroxylation sites is 1. The highest BCUT2D eigenvalue weighted by Crippen LogP contribution is 2.30. The van der Waals surface area contributed by atoms with Gasteiger partial charge >= 0.3 is 12.0 Å². The second-order valence-corrected chi connectivity index (χ2v) is 5.73. The average Bonchev–Trinajstić information content (AvgIpc) is 2.68. The first kappa shape index (κ1) is 17.2. The second-order valence-electron chi connectivity index (χ2n) is 5.73. The fourth-order valence-corrected chi connectivity index (χ4v) is 2.84. The van der Waals surface area contributed by atoms with Crippen molar-refractivity contribution in [3.8, 4) is 0 Å². The van der Waals surface area contributed by atoms with E-state index in [4.69, 9.17) is 0 Å². The zero-order valence-electron chi connectivity index (χ0n) is 13.9. The van der Waals surface area contributed by atoms with Crippen LogP contribution in [-0.2, 0) is 10.3 Å². The van der Waals surface area contributed by atoms with Gasteiger partial charge in [0.05, 0.1) is 0 Å². The second kappa shape index (κ2) is 7.53. The standard InChI is InChI=1S/C21H18N2O3/c24-19(25)21(16-10-4-1-5-11-16,17-12-6-2-7-13-17)23-20(26)22-18-14-8-3-9-15-18/h1-15H,(H,24,25)(H2,22,23,26). The first-order valence-electron chi connectivity index (χ1n) is 8.11. The number of urea groups is 1. The number of nitrogens with one attached hydrogen (secondary N) is 2. The Morgan fingerprint density at radius 3 is 1.54 bits per heavy atom. The van der Waals surface area contributed by atoms with Crippen LogP contribution >= 0.6 is 0 Å². The van der Waals surface area contributed by atoms with Crippen molar-refractivity contribution in [1.82, 2.24) is 5.32 Å². The molecule has 0 bridgehead atoms. The van der Waals surface area contributed by atoms with Crippen LogP contribution in [0, 0.1) is 0 Å². The molecule has 5 nitrogen and oxygen atoms in total.